The first-order chi connectivity index (χ1) is 8.54. The van der Waals surface area contributed by atoms with Gasteiger partial charge in [-0.2, -0.15) is 0 Å². The van der Waals surface area contributed by atoms with Crippen LogP contribution in [0.5, 0.6) is 0 Å². The van der Waals surface area contributed by atoms with Crippen molar-refractivity contribution in [1.29, 1.82) is 0 Å². The molecule has 0 aromatic heterocycles. The highest BCUT2D eigenvalue weighted by Gasteiger charge is 2.08. The van der Waals surface area contributed by atoms with E-state index < -0.39 is 0 Å². The number of oxime groups is 1. The molecule has 0 radical (unpaired) electrons. The second-order valence-electron chi connectivity index (χ2n) is 5.05. The van der Waals surface area contributed by atoms with Gasteiger partial charge < -0.3 is 16.3 Å². The third-order valence-electron chi connectivity index (χ3n) is 2.87. The topological polar surface area (TPSA) is 70.6 Å². The van der Waals surface area contributed by atoms with Crippen LogP contribution in [0.1, 0.15) is 38.3 Å². The molecule has 100 valence electrons. The Morgan fingerprint density at radius 2 is 2.00 bits per heavy atom. The molecule has 0 saturated carbocycles. The van der Waals surface area contributed by atoms with Crippen molar-refractivity contribution in [3.63, 3.8) is 0 Å². The maximum Gasteiger partial charge on any atom is 0.170 e. The number of benzene rings is 1. The van der Waals surface area contributed by atoms with Crippen LogP contribution in [0.3, 0.4) is 0 Å². The van der Waals surface area contributed by atoms with Gasteiger partial charge in [-0.3, -0.25) is 0 Å². The van der Waals surface area contributed by atoms with Crippen LogP contribution in [0.2, 0.25) is 0 Å². The van der Waals surface area contributed by atoms with Gasteiger partial charge in [0.1, 0.15) is 0 Å². The Labute approximate surface area is 109 Å². The Morgan fingerprint density at radius 1 is 1.33 bits per heavy atom. The number of nitrogens with two attached hydrogens (primary N) is 1. The van der Waals surface area contributed by atoms with E-state index in [-0.39, 0.29) is 5.84 Å². The van der Waals surface area contributed by atoms with Gasteiger partial charge in [-0.15, -0.1) is 0 Å². The first-order valence-corrected chi connectivity index (χ1v) is 6.33. The lowest BCUT2D eigenvalue weighted by Gasteiger charge is -2.17. The lowest BCUT2D eigenvalue weighted by Crippen LogP contribution is -2.28. The molecule has 0 heterocycles. The van der Waals surface area contributed by atoms with E-state index in [9.17, 15) is 0 Å². The molecular weight excluding hydrogens is 226 g/mol. The second kappa shape index (κ2) is 7.01. The lowest BCUT2D eigenvalue weighted by molar-refractivity contribution is 0.318. The van der Waals surface area contributed by atoms with E-state index in [1.807, 2.05) is 24.3 Å². The third kappa shape index (κ3) is 4.37. The van der Waals surface area contributed by atoms with Gasteiger partial charge in [0.2, 0.25) is 0 Å². The maximum absolute atomic E-state index is 8.75. The molecule has 1 unspecified atom stereocenters. The molecule has 4 nitrogen and oxygen atoms in total. The van der Waals surface area contributed by atoms with Crippen LogP contribution in [-0.4, -0.2) is 17.1 Å². The Morgan fingerprint density at radius 3 is 2.61 bits per heavy atom. The molecule has 0 aliphatic heterocycles. The first kappa shape index (κ1) is 14.5. The zero-order chi connectivity index (χ0) is 13.5. The van der Waals surface area contributed by atoms with Crippen molar-refractivity contribution in [3.8, 4) is 0 Å². The fraction of sp³-hybridized carbons (Fsp3) is 0.500. The standard InChI is InChI=1S/C14H23N3O/c1-10(2)8-11(3)16-9-12-6-4-5-7-13(12)14(15)17-18/h4-7,10-11,16,18H,8-9H2,1-3H3,(H2,15,17). The molecule has 0 spiro atoms. The second-order valence-corrected chi connectivity index (χ2v) is 5.05. The molecule has 18 heavy (non-hydrogen) atoms. The summed E-state index contributed by atoms with van der Waals surface area (Å²) < 4.78 is 0. The van der Waals surface area contributed by atoms with E-state index in [0.29, 0.717) is 12.0 Å². The molecule has 4 heteroatoms. The van der Waals surface area contributed by atoms with Crippen LogP contribution in [0, 0.1) is 5.92 Å². The summed E-state index contributed by atoms with van der Waals surface area (Å²) in [4.78, 5) is 0. The lowest BCUT2D eigenvalue weighted by atomic mass is 10.0. The van der Waals surface area contributed by atoms with Gasteiger partial charge >= 0.3 is 0 Å². The molecule has 0 aliphatic rings. The van der Waals surface area contributed by atoms with Crippen LogP contribution in [0.4, 0.5) is 0 Å². The quantitative estimate of drug-likeness (QED) is 0.313. The molecule has 4 N–H and O–H groups in total. The van der Waals surface area contributed by atoms with Gasteiger partial charge in [0.15, 0.2) is 5.84 Å². The molecule has 1 rings (SSSR count). The number of nitrogens with one attached hydrogen (secondary N) is 1. The fourth-order valence-electron chi connectivity index (χ4n) is 2.05. The van der Waals surface area contributed by atoms with E-state index in [0.717, 1.165) is 24.1 Å². The molecule has 0 fully saturated rings. The Balaban J connectivity index is 2.67. The third-order valence-corrected chi connectivity index (χ3v) is 2.87. The van der Waals surface area contributed by atoms with Crippen molar-refractivity contribution in [2.24, 2.45) is 16.8 Å². The van der Waals surface area contributed by atoms with Crippen LogP contribution < -0.4 is 11.1 Å². The zero-order valence-corrected chi connectivity index (χ0v) is 11.4. The van der Waals surface area contributed by atoms with Gasteiger partial charge in [-0.05, 0) is 24.8 Å². The molecular formula is C14H23N3O. The first-order valence-electron chi connectivity index (χ1n) is 6.33. The summed E-state index contributed by atoms with van der Waals surface area (Å²) in [5.41, 5.74) is 7.48. The average Bonchev–Trinajstić information content (AvgIpc) is 2.35. The van der Waals surface area contributed by atoms with E-state index in [2.05, 4.69) is 31.2 Å². The number of hydrogen-bond donors (Lipinski definition) is 3. The molecule has 0 saturated heterocycles. The summed E-state index contributed by atoms with van der Waals surface area (Å²) in [6.45, 7) is 7.32. The van der Waals surface area contributed by atoms with Crippen molar-refractivity contribution in [2.75, 3.05) is 0 Å². The fourth-order valence-corrected chi connectivity index (χ4v) is 2.05. The van der Waals surface area contributed by atoms with Crippen molar-refractivity contribution in [2.45, 2.75) is 39.8 Å². The highest BCUT2D eigenvalue weighted by Crippen LogP contribution is 2.10. The zero-order valence-electron chi connectivity index (χ0n) is 11.4. The largest absolute Gasteiger partial charge is 0.409 e. The summed E-state index contributed by atoms with van der Waals surface area (Å²) in [6, 6.07) is 8.14. The molecule has 0 aliphatic carbocycles. The van der Waals surface area contributed by atoms with E-state index in [1.54, 1.807) is 0 Å². The van der Waals surface area contributed by atoms with Crippen LogP contribution >= 0.6 is 0 Å². The summed E-state index contributed by atoms with van der Waals surface area (Å²) in [7, 11) is 0. The predicted octanol–water partition coefficient (Wildman–Crippen LogP) is 2.31. The Kier molecular flexibility index (Phi) is 5.65. The summed E-state index contributed by atoms with van der Waals surface area (Å²) in [5.74, 6) is 0.829. The van der Waals surface area contributed by atoms with Gasteiger partial charge in [-0.25, -0.2) is 0 Å². The molecule has 1 atom stereocenters. The highest BCUT2D eigenvalue weighted by atomic mass is 16.4. The van der Waals surface area contributed by atoms with Crippen molar-refractivity contribution >= 4 is 5.84 Å². The van der Waals surface area contributed by atoms with E-state index in [1.165, 1.54) is 0 Å². The minimum atomic E-state index is 0.156. The smallest absolute Gasteiger partial charge is 0.170 e. The van der Waals surface area contributed by atoms with Crippen molar-refractivity contribution < 1.29 is 5.21 Å². The van der Waals surface area contributed by atoms with Gasteiger partial charge in [-0.1, -0.05) is 43.3 Å². The summed E-state index contributed by atoms with van der Waals surface area (Å²) in [6.07, 6.45) is 1.13. The van der Waals surface area contributed by atoms with E-state index >= 15 is 0 Å². The average molecular weight is 249 g/mol. The minimum absolute atomic E-state index is 0.156. The SMILES string of the molecule is CC(C)CC(C)NCc1ccccc1/C(N)=N/O. The predicted molar refractivity (Wildman–Crippen MR) is 74.7 cm³/mol. The summed E-state index contributed by atoms with van der Waals surface area (Å²) in [5, 5.41) is 15.3. The van der Waals surface area contributed by atoms with Crippen molar-refractivity contribution in [3.05, 3.63) is 35.4 Å². The monoisotopic (exact) mass is 249 g/mol. The van der Waals surface area contributed by atoms with Crippen molar-refractivity contribution in [1.82, 2.24) is 5.32 Å². The number of rotatable bonds is 6. The number of hydrogen-bond acceptors (Lipinski definition) is 3. The maximum atomic E-state index is 8.75. The van der Waals surface area contributed by atoms with Crippen LogP contribution in [-0.2, 0) is 6.54 Å². The summed E-state index contributed by atoms with van der Waals surface area (Å²) >= 11 is 0. The molecule has 1 aromatic rings. The van der Waals surface area contributed by atoms with Gasteiger partial charge in [0.25, 0.3) is 0 Å². The Hall–Kier alpha value is -1.55. The minimum Gasteiger partial charge on any atom is -0.409 e. The van der Waals surface area contributed by atoms with Crippen LogP contribution in [0.25, 0.3) is 0 Å². The van der Waals surface area contributed by atoms with Crippen LogP contribution in [0.15, 0.2) is 29.4 Å². The molecule has 0 bridgehead atoms. The molecule has 0 amide bonds. The Bertz CT molecular complexity index is 402. The van der Waals surface area contributed by atoms with Gasteiger partial charge in [0, 0.05) is 18.2 Å². The highest BCUT2D eigenvalue weighted by molar-refractivity contribution is 5.98. The number of nitrogens with zero attached hydrogens (tertiary/aromatic N) is 1. The van der Waals surface area contributed by atoms with Gasteiger partial charge in [0.05, 0.1) is 0 Å². The number of amidine groups is 1. The van der Waals surface area contributed by atoms with E-state index in [4.69, 9.17) is 10.9 Å². The molecule has 1 aromatic carbocycles. The normalized spacial score (nSPS) is 13.9.